The first-order chi connectivity index (χ1) is 16.0. The van der Waals surface area contributed by atoms with Gasteiger partial charge in [0.1, 0.15) is 11.5 Å². The summed E-state index contributed by atoms with van der Waals surface area (Å²) in [5.74, 6) is -0.0375. The van der Waals surface area contributed by atoms with Crippen molar-refractivity contribution in [3.8, 4) is 17.2 Å². The Hall–Kier alpha value is -4.06. The standard InChI is InChI=1S/C27H25NO5/c1-4-31-27(30)26-19(3)28(20-10-8-9-18(2)15-20)24-14-13-22(16-23(24)26)33-25(29)17-32-21-11-6-5-7-12-21/h5-16H,4,17H2,1-3H3. The summed E-state index contributed by atoms with van der Waals surface area (Å²) in [7, 11) is 0. The predicted molar refractivity (Wildman–Crippen MR) is 126 cm³/mol. The van der Waals surface area contributed by atoms with Gasteiger partial charge in [0, 0.05) is 16.8 Å². The Balaban J connectivity index is 1.69. The number of aryl methyl sites for hydroxylation is 1. The van der Waals surface area contributed by atoms with E-state index in [0.717, 1.165) is 22.5 Å². The monoisotopic (exact) mass is 443 g/mol. The highest BCUT2D eigenvalue weighted by atomic mass is 16.6. The van der Waals surface area contributed by atoms with Crippen LogP contribution in [-0.2, 0) is 9.53 Å². The van der Waals surface area contributed by atoms with Gasteiger partial charge >= 0.3 is 11.9 Å². The minimum Gasteiger partial charge on any atom is -0.482 e. The number of fused-ring (bicyclic) bond motifs is 1. The van der Waals surface area contributed by atoms with Crippen LogP contribution in [0.4, 0.5) is 0 Å². The van der Waals surface area contributed by atoms with E-state index < -0.39 is 11.9 Å². The molecule has 0 radical (unpaired) electrons. The largest absolute Gasteiger partial charge is 0.482 e. The topological polar surface area (TPSA) is 66.8 Å². The molecule has 0 aliphatic rings. The molecule has 1 heterocycles. The van der Waals surface area contributed by atoms with Crippen molar-refractivity contribution in [3.05, 3.63) is 89.6 Å². The van der Waals surface area contributed by atoms with E-state index in [0.29, 0.717) is 22.4 Å². The molecule has 0 spiro atoms. The number of carbonyl (C=O) groups excluding carboxylic acids is 2. The maximum atomic E-state index is 12.8. The Morgan fingerprint density at radius 2 is 1.67 bits per heavy atom. The van der Waals surface area contributed by atoms with Crippen molar-refractivity contribution in [2.75, 3.05) is 13.2 Å². The SMILES string of the molecule is CCOC(=O)c1c(C)n(-c2cccc(C)c2)c2ccc(OC(=O)COc3ccccc3)cc12. The lowest BCUT2D eigenvalue weighted by molar-refractivity contribution is -0.136. The molecule has 6 heteroatoms. The fraction of sp³-hybridized carbons (Fsp3) is 0.185. The Labute approximate surface area is 192 Å². The molecule has 6 nitrogen and oxygen atoms in total. The number of para-hydroxylation sites is 1. The quantitative estimate of drug-likeness (QED) is 0.282. The van der Waals surface area contributed by atoms with Crippen LogP contribution >= 0.6 is 0 Å². The molecule has 168 valence electrons. The zero-order valence-electron chi connectivity index (χ0n) is 18.8. The molecule has 0 atom stereocenters. The molecule has 0 amide bonds. The molecule has 0 N–H and O–H groups in total. The molecule has 0 bridgehead atoms. The number of aromatic nitrogens is 1. The lowest BCUT2D eigenvalue weighted by atomic mass is 10.1. The lowest BCUT2D eigenvalue weighted by Gasteiger charge is -2.10. The van der Waals surface area contributed by atoms with Gasteiger partial charge in [-0.05, 0) is 68.8 Å². The fourth-order valence-corrected chi connectivity index (χ4v) is 3.84. The average molecular weight is 443 g/mol. The van der Waals surface area contributed by atoms with Gasteiger partial charge in [-0.25, -0.2) is 9.59 Å². The van der Waals surface area contributed by atoms with Crippen LogP contribution < -0.4 is 9.47 Å². The van der Waals surface area contributed by atoms with E-state index in [1.54, 1.807) is 31.2 Å². The van der Waals surface area contributed by atoms with Crippen LogP contribution in [-0.4, -0.2) is 29.7 Å². The molecule has 33 heavy (non-hydrogen) atoms. The van der Waals surface area contributed by atoms with Crippen molar-refractivity contribution in [2.24, 2.45) is 0 Å². The summed E-state index contributed by atoms with van der Waals surface area (Å²) >= 11 is 0. The number of esters is 2. The third kappa shape index (κ3) is 4.75. The summed E-state index contributed by atoms with van der Waals surface area (Å²) in [6, 6.07) is 22.3. The number of benzene rings is 3. The van der Waals surface area contributed by atoms with Crippen LogP contribution in [0.2, 0.25) is 0 Å². The average Bonchev–Trinajstić information content (AvgIpc) is 3.09. The fourth-order valence-electron chi connectivity index (χ4n) is 3.84. The summed E-state index contributed by atoms with van der Waals surface area (Å²) < 4.78 is 18.3. The Bertz CT molecular complexity index is 1310. The van der Waals surface area contributed by atoms with Gasteiger partial charge in [0.15, 0.2) is 6.61 Å². The summed E-state index contributed by atoms with van der Waals surface area (Å²) in [6.45, 7) is 5.71. The lowest BCUT2D eigenvalue weighted by Crippen LogP contribution is -2.17. The van der Waals surface area contributed by atoms with Gasteiger partial charge in [0.2, 0.25) is 0 Å². The van der Waals surface area contributed by atoms with Crippen LogP contribution in [0.5, 0.6) is 11.5 Å². The van der Waals surface area contributed by atoms with Gasteiger partial charge in [-0.15, -0.1) is 0 Å². The number of ether oxygens (including phenoxy) is 3. The van der Waals surface area contributed by atoms with Gasteiger partial charge in [-0.3, -0.25) is 0 Å². The van der Waals surface area contributed by atoms with E-state index in [1.165, 1.54) is 0 Å². The minimum absolute atomic E-state index is 0.226. The Morgan fingerprint density at radius 3 is 2.39 bits per heavy atom. The molecule has 0 aliphatic carbocycles. The first-order valence-electron chi connectivity index (χ1n) is 10.8. The smallest absolute Gasteiger partial charge is 0.349 e. The first kappa shape index (κ1) is 22.1. The van der Waals surface area contributed by atoms with Crippen molar-refractivity contribution in [1.82, 2.24) is 4.57 Å². The number of nitrogens with zero attached hydrogens (tertiary/aromatic N) is 1. The molecule has 0 fully saturated rings. The minimum atomic E-state index is -0.536. The summed E-state index contributed by atoms with van der Waals surface area (Å²) in [5, 5.41) is 0.654. The van der Waals surface area contributed by atoms with E-state index >= 15 is 0 Å². The van der Waals surface area contributed by atoms with E-state index in [1.807, 2.05) is 60.9 Å². The third-order valence-corrected chi connectivity index (χ3v) is 5.25. The van der Waals surface area contributed by atoms with E-state index in [9.17, 15) is 9.59 Å². The van der Waals surface area contributed by atoms with E-state index in [2.05, 4.69) is 6.07 Å². The van der Waals surface area contributed by atoms with Gasteiger partial charge in [-0.1, -0.05) is 30.3 Å². The highest BCUT2D eigenvalue weighted by Gasteiger charge is 2.23. The zero-order chi connectivity index (χ0) is 23.4. The molecule has 0 aliphatic heterocycles. The van der Waals surface area contributed by atoms with Crippen molar-refractivity contribution in [3.63, 3.8) is 0 Å². The molecular weight excluding hydrogens is 418 g/mol. The van der Waals surface area contributed by atoms with Gasteiger partial charge in [-0.2, -0.15) is 0 Å². The third-order valence-electron chi connectivity index (χ3n) is 5.25. The second-order valence-corrected chi connectivity index (χ2v) is 7.61. The highest BCUT2D eigenvalue weighted by molar-refractivity contribution is 6.07. The summed E-state index contributed by atoms with van der Waals surface area (Å²) in [4.78, 5) is 25.2. The van der Waals surface area contributed by atoms with Crippen molar-refractivity contribution in [1.29, 1.82) is 0 Å². The van der Waals surface area contributed by atoms with Gasteiger partial charge < -0.3 is 18.8 Å². The first-order valence-corrected chi connectivity index (χ1v) is 10.8. The zero-order valence-corrected chi connectivity index (χ0v) is 18.8. The molecule has 1 aromatic heterocycles. The number of hydrogen-bond acceptors (Lipinski definition) is 5. The van der Waals surface area contributed by atoms with Crippen LogP contribution in [0, 0.1) is 13.8 Å². The number of rotatable bonds is 7. The Kier molecular flexibility index (Phi) is 6.45. The van der Waals surface area contributed by atoms with Crippen LogP contribution in [0.25, 0.3) is 16.6 Å². The predicted octanol–water partition coefficient (Wildman–Crippen LogP) is 5.41. The second kappa shape index (κ2) is 9.61. The van der Waals surface area contributed by atoms with Crippen LogP contribution in [0.1, 0.15) is 28.5 Å². The van der Waals surface area contributed by atoms with E-state index in [4.69, 9.17) is 14.2 Å². The Morgan fingerprint density at radius 1 is 0.879 bits per heavy atom. The molecule has 0 saturated carbocycles. The normalized spacial score (nSPS) is 10.8. The van der Waals surface area contributed by atoms with Gasteiger partial charge in [0.05, 0.1) is 17.7 Å². The molecule has 0 saturated heterocycles. The molecule has 4 aromatic rings. The van der Waals surface area contributed by atoms with E-state index in [-0.39, 0.29) is 13.2 Å². The van der Waals surface area contributed by atoms with Crippen LogP contribution in [0.3, 0.4) is 0 Å². The second-order valence-electron chi connectivity index (χ2n) is 7.61. The van der Waals surface area contributed by atoms with Crippen molar-refractivity contribution >= 4 is 22.8 Å². The molecular formula is C27H25NO5. The number of hydrogen-bond donors (Lipinski definition) is 0. The summed E-state index contributed by atoms with van der Waals surface area (Å²) in [6.07, 6.45) is 0. The molecule has 0 unspecified atom stereocenters. The van der Waals surface area contributed by atoms with Crippen LogP contribution in [0.15, 0.2) is 72.8 Å². The van der Waals surface area contributed by atoms with Gasteiger partial charge in [0.25, 0.3) is 0 Å². The molecule has 3 aromatic carbocycles. The summed E-state index contributed by atoms with van der Waals surface area (Å²) in [5.41, 5.74) is 4.07. The van der Waals surface area contributed by atoms with Crippen molar-refractivity contribution in [2.45, 2.75) is 20.8 Å². The molecule has 4 rings (SSSR count). The number of carbonyl (C=O) groups is 2. The maximum absolute atomic E-state index is 12.8. The maximum Gasteiger partial charge on any atom is 0.349 e. The van der Waals surface area contributed by atoms with Crippen molar-refractivity contribution < 1.29 is 23.8 Å². The highest BCUT2D eigenvalue weighted by Crippen LogP contribution is 2.33.